The highest BCUT2D eigenvalue weighted by Crippen LogP contribution is 2.15. The van der Waals surface area contributed by atoms with Crippen LogP contribution in [0.25, 0.3) is 0 Å². The minimum Gasteiger partial charge on any atom is -0.691 e. The molecule has 2 N–H and O–H groups in total. The van der Waals surface area contributed by atoms with Crippen LogP contribution >= 0.6 is 0 Å². The molecule has 0 spiro atoms. The van der Waals surface area contributed by atoms with E-state index in [1.165, 1.54) is 24.3 Å². The predicted octanol–water partition coefficient (Wildman–Crippen LogP) is 2.55. The van der Waals surface area contributed by atoms with Gasteiger partial charge in [0.05, 0.1) is 10.1 Å². The van der Waals surface area contributed by atoms with Gasteiger partial charge >= 0.3 is 0 Å². The van der Waals surface area contributed by atoms with Crippen LogP contribution in [0.15, 0.2) is 64.7 Å². The van der Waals surface area contributed by atoms with Gasteiger partial charge in [0, 0.05) is 0 Å². The zero-order valence-corrected chi connectivity index (χ0v) is 11.0. The van der Waals surface area contributed by atoms with Crippen molar-refractivity contribution in [3.8, 4) is 0 Å². The van der Waals surface area contributed by atoms with Gasteiger partial charge in [-0.15, -0.1) is 10.3 Å². The van der Waals surface area contributed by atoms with Crippen LogP contribution < -0.4 is 5.43 Å². The zero-order valence-electron chi connectivity index (χ0n) is 10.2. The van der Waals surface area contributed by atoms with Gasteiger partial charge in [0.1, 0.15) is 5.69 Å². The second kappa shape index (κ2) is 5.68. The highest BCUT2D eigenvalue weighted by Gasteiger charge is 2.09. The van der Waals surface area contributed by atoms with Gasteiger partial charge in [0.15, 0.2) is 5.69 Å². The summed E-state index contributed by atoms with van der Waals surface area (Å²) in [5.41, 5.74) is 3.25. The lowest BCUT2D eigenvalue weighted by atomic mass is 10.3. The van der Waals surface area contributed by atoms with Crippen LogP contribution in [-0.4, -0.2) is 17.8 Å². The average molecular weight is 293 g/mol. The molecule has 0 saturated heterocycles. The molecule has 2 rings (SSSR count). The van der Waals surface area contributed by atoms with Crippen molar-refractivity contribution < 1.29 is 17.8 Å². The number of nitrogens with zero attached hydrogens (tertiary/aromatic N) is 2. The van der Waals surface area contributed by atoms with E-state index in [-0.39, 0.29) is 4.90 Å². The Labute approximate surface area is 115 Å². The van der Waals surface area contributed by atoms with E-state index in [1.54, 1.807) is 30.3 Å². The number of para-hydroxylation sites is 1. The second-order valence-electron chi connectivity index (χ2n) is 3.82. The fourth-order valence-corrected chi connectivity index (χ4v) is 1.90. The zero-order chi connectivity index (χ0) is 14.6. The monoisotopic (exact) mass is 293 g/mol. The highest BCUT2D eigenvalue weighted by molar-refractivity contribution is 7.85. The molecule has 0 atom stereocenters. The van der Waals surface area contributed by atoms with Crippen molar-refractivity contribution in [3.05, 3.63) is 59.8 Å². The summed E-state index contributed by atoms with van der Waals surface area (Å²) < 4.78 is 30.5. The molecule has 0 aliphatic rings. The number of anilines is 1. The van der Waals surface area contributed by atoms with Crippen LogP contribution in [0.5, 0.6) is 0 Å². The minimum atomic E-state index is -4.22. The van der Waals surface area contributed by atoms with E-state index in [2.05, 4.69) is 10.6 Å². The van der Waals surface area contributed by atoms with E-state index >= 15 is 0 Å². The van der Waals surface area contributed by atoms with E-state index in [1.807, 2.05) is 0 Å². The Hall–Kier alpha value is -2.45. The summed E-state index contributed by atoms with van der Waals surface area (Å²) in [6.45, 7) is 0. The van der Waals surface area contributed by atoms with Crippen molar-refractivity contribution in [2.24, 2.45) is 5.22 Å². The Balaban J connectivity index is 2.12. The Morgan fingerprint density at radius 2 is 1.65 bits per heavy atom. The van der Waals surface area contributed by atoms with Crippen molar-refractivity contribution in [3.63, 3.8) is 0 Å². The van der Waals surface area contributed by atoms with Crippen molar-refractivity contribution in [1.82, 2.24) is 0 Å². The highest BCUT2D eigenvalue weighted by atomic mass is 32.2. The van der Waals surface area contributed by atoms with Gasteiger partial charge in [-0.3, -0.25) is 4.55 Å². The Morgan fingerprint density at radius 3 is 2.20 bits per heavy atom. The maximum Gasteiger partial charge on any atom is 0.294 e. The first kappa shape index (κ1) is 14.0. The van der Waals surface area contributed by atoms with E-state index in [0.29, 0.717) is 16.2 Å². The second-order valence-corrected chi connectivity index (χ2v) is 5.24. The third-order valence-corrected chi connectivity index (χ3v) is 3.27. The van der Waals surface area contributed by atoms with Gasteiger partial charge < -0.3 is 5.21 Å². The molecular formula is C12H11N3O4S. The smallest absolute Gasteiger partial charge is 0.294 e. The molecule has 0 fully saturated rings. The first-order valence-electron chi connectivity index (χ1n) is 5.53. The van der Waals surface area contributed by atoms with Crippen LogP contribution in [0.1, 0.15) is 0 Å². The molecule has 0 aliphatic carbocycles. The molecule has 0 radical (unpaired) electrons. The number of benzene rings is 2. The van der Waals surface area contributed by atoms with Crippen LogP contribution in [-0.2, 0) is 10.1 Å². The molecule has 0 saturated carbocycles. The standard InChI is InChI=1S/C12H11N3O4S/c16-15(11-4-2-1-3-5-11)14-13-10-6-8-12(9-7-10)20(17,18)19/h1-9,13H,(H,17,18,19)/b15-14+. The van der Waals surface area contributed by atoms with Gasteiger partial charge in [0.25, 0.3) is 10.1 Å². The molecule has 0 heterocycles. The SMILES string of the molecule is O=S(=O)(O)c1ccc(N/N=[N+](/[O-])c2ccccc2)cc1. The Morgan fingerprint density at radius 1 is 1.05 bits per heavy atom. The van der Waals surface area contributed by atoms with E-state index in [4.69, 9.17) is 4.55 Å². The maximum atomic E-state index is 11.6. The largest absolute Gasteiger partial charge is 0.691 e. The molecule has 20 heavy (non-hydrogen) atoms. The minimum absolute atomic E-state index is 0.231. The fourth-order valence-electron chi connectivity index (χ4n) is 1.42. The van der Waals surface area contributed by atoms with E-state index in [9.17, 15) is 13.6 Å². The Bertz CT molecular complexity index is 712. The van der Waals surface area contributed by atoms with Crippen molar-refractivity contribution in [2.45, 2.75) is 4.90 Å². The first-order chi connectivity index (χ1) is 9.47. The molecule has 104 valence electrons. The number of rotatable bonds is 4. The lowest BCUT2D eigenvalue weighted by molar-refractivity contribution is -0.439. The van der Waals surface area contributed by atoms with Gasteiger partial charge in [-0.05, 0) is 36.4 Å². The van der Waals surface area contributed by atoms with Gasteiger partial charge in [0.2, 0.25) is 0 Å². The molecule has 0 unspecified atom stereocenters. The summed E-state index contributed by atoms with van der Waals surface area (Å²) in [4.78, 5) is 0.168. The summed E-state index contributed by atoms with van der Waals surface area (Å²) in [6, 6.07) is 13.5. The van der Waals surface area contributed by atoms with E-state index in [0.717, 1.165) is 0 Å². The summed E-state index contributed by atoms with van der Waals surface area (Å²) in [7, 11) is -4.22. The molecule has 2 aromatic rings. The van der Waals surface area contributed by atoms with Crippen molar-refractivity contribution in [1.29, 1.82) is 0 Å². The quantitative estimate of drug-likeness (QED) is 0.390. The molecule has 8 heteroatoms. The maximum absolute atomic E-state index is 11.6. The van der Waals surface area contributed by atoms with Gasteiger partial charge in [-0.25, -0.2) is 0 Å². The van der Waals surface area contributed by atoms with Gasteiger partial charge in [-0.1, -0.05) is 18.2 Å². The normalized spacial score (nSPS) is 12.2. The third kappa shape index (κ3) is 3.53. The summed E-state index contributed by atoms with van der Waals surface area (Å²) in [5.74, 6) is 0. The summed E-state index contributed by atoms with van der Waals surface area (Å²) >= 11 is 0. The summed E-state index contributed by atoms with van der Waals surface area (Å²) in [6.07, 6.45) is 0. The van der Waals surface area contributed by atoms with Crippen LogP contribution in [0.2, 0.25) is 0 Å². The molecule has 2 aromatic carbocycles. The van der Waals surface area contributed by atoms with Crippen molar-refractivity contribution in [2.75, 3.05) is 5.43 Å². The summed E-state index contributed by atoms with van der Waals surface area (Å²) in [5, 5.41) is 15.2. The van der Waals surface area contributed by atoms with Crippen LogP contribution in [0.4, 0.5) is 11.4 Å². The van der Waals surface area contributed by atoms with Crippen LogP contribution in [0, 0.1) is 5.21 Å². The number of nitrogens with one attached hydrogen (secondary N) is 1. The first-order valence-corrected chi connectivity index (χ1v) is 6.97. The lowest BCUT2D eigenvalue weighted by Crippen LogP contribution is -2.00. The third-order valence-electron chi connectivity index (χ3n) is 2.40. The molecule has 0 aliphatic heterocycles. The lowest BCUT2D eigenvalue weighted by Gasteiger charge is -2.04. The molecule has 7 nitrogen and oxygen atoms in total. The van der Waals surface area contributed by atoms with Crippen LogP contribution in [0.3, 0.4) is 0 Å². The average Bonchev–Trinajstić information content (AvgIpc) is 2.45. The number of hydrogen-bond acceptors (Lipinski definition) is 4. The molecular weight excluding hydrogens is 282 g/mol. The topological polar surface area (TPSA) is 105 Å². The van der Waals surface area contributed by atoms with Gasteiger partial charge in [-0.2, -0.15) is 8.42 Å². The number of hydrogen-bond donors (Lipinski definition) is 2. The molecule has 0 amide bonds. The Kier molecular flexibility index (Phi) is 3.97. The van der Waals surface area contributed by atoms with E-state index < -0.39 is 10.1 Å². The fraction of sp³-hybridized carbons (Fsp3) is 0. The predicted molar refractivity (Wildman–Crippen MR) is 72.0 cm³/mol. The molecule has 0 bridgehead atoms. The molecule has 0 aromatic heterocycles. The van der Waals surface area contributed by atoms with Crippen molar-refractivity contribution >= 4 is 21.5 Å².